The second-order valence-corrected chi connectivity index (χ2v) is 4.32. The van der Waals surface area contributed by atoms with Crippen LogP contribution in [0.5, 0.6) is 0 Å². The Hall–Kier alpha value is -1.94. The Kier molecular flexibility index (Phi) is 3.53. The summed E-state index contributed by atoms with van der Waals surface area (Å²) in [6, 6.07) is 5.46. The number of hydrogen-bond acceptors (Lipinski definition) is 4. The lowest BCUT2D eigenvalue weighted by Crippen LogP contribution is -2.10. The first kappa shape index (κ1) is 13.5. The monoisotopic (exact) mass is 284 g/mol. The van der Waals surface area contributed by atoms with Crippen molar-refractivity contribution >= 4 is 11.8 Å². The fraction of sp³-hybridized carbons (Fsp3) is 0.167. The number of halogens is 3. The van der Waals surface area contributed by atoms with Gasteiger partial charge < -0.3 is 4.42 Å². The first-order valence-corrected chi connectivity index (χ1v) is 6.30. The quantitative estimate of drug-likeness (QED) is 0.783. The van der Waals surface area contributed by atoms with Crippen molar-refractivity contribution in [2.45, 2.75) is 11.2 Å². The molecule has 0 unspecified atom stereocenters. The zero-order valence-electron chi connectivity index (χ0n) is 9.65. The molecule has 2 heterocycles. The number of thioether (sulfide) groups is 1. The van der Waals surface area contributed by atoms with E-state index in [1.165, 1.54) is 12.3 Å². The normalized spacial score (nSPS) is 11.3. The Morgan fingerprint density at radius 2 is 2.16 bits per heavy atom. The topological polar surface area (TPSA) is 49.8 Å². The van der Waals surface area contributed by atoms with Crippen molar-refractivity contribution in [3.63, 3.8) is 0 Å². The van der Waals surface area contributed by atoms with E-state index in [4.69, 9.17) is 9.68 Å². The maximum Gasteiger partial charge on any atom is 0.417 e. The van der Waals surface area contributed by atoms with E-state index in [9.17, 15) is 13.2 Å². The summed E-state index contributed by atoms with van der Waals surface area (Å²) >= 11 is 0.986. The zero-order chi connectivity index (χ0) is 14.0. The Bertz CT molecular complexity index is 630. The highest BCUT2D eigenvalue weighted by atomic mass is 32.2. The van der Waals surface area contributed by atoms with Crippen LogP contribution in [0, 0.1) is 11.3 Å². The summed E-state index contributed by atoms with van der Waals surface area (Å²) in [5, 5.41) is 8.92. The Balaban J connectivity index is 2.71. The number of aromatic nitrogens is 1. The summed E-state index contributed by atoms with van der Waals surface area (Å²) < 4.78 is 43.9. The third-order valence-electron chi connectivity index (χ3n) is 2.37. The number of alkyl halides is 3. The Morgan fingerprint density at radius 1 is 1.42 bits per heavy atom. The minimum Gasteiger partial charge on any atom is -0.463 e. The van der Waals surface area contributed by atoms with Gasteiger partial charge in [-0.05, 0) is 24.5 Å². The van der Waals surface area contributed by atoms with E-state index in [0.717, 1.165) is 17.8 Å². The highest BCUT2D eigenvalue weighted by Gasteiger charge is 2.36. The summed E-state index contributed by atoms with van der Waals surface area (Å²) in [7, 11) is 0. The second-order valence-electron chi connectivity index (χ2n) is 3.53. The van der Waals surface area contributed by atoms with Gasteiger partial charge in [-0.15, -0.1) is 11.8 Å². The molecule has 0 aliphatic carbocycles. The highest BCUT2D eigenvalue weighted by Crippen LogP contribution is 2.37. The van der Waals surface area contributed by atoms with E-state index in [0.29, 0.717) is 0 Å². The SMILES string of the molecule is CSc1nc(-c2ccco2)cc(C(F)(F)F)c1C#N. The van der Waals surface area contributed by atoms with Crippen LogP contribution in [0.3, 0.4) is 0 Å². The molecule has 2 rings (SSSR count). The predicted molar refractivity (Wildman–Crippen MR) is 63.4 cm³/mol. The van der Waals surface area contributed by atoms with Crippen LogP contribution in [0.1, 0.15) is 11.1 Å². The molecule has 2 aromatic heterocycles. The van der Waals surface area contributed by atoms with Gasteiger partial charge in [0.15, 0.2) is 5.76 Å². The molecular weight excluding hydrogens is 277 g/mol. The molecule has 2 aromatic rings. The number of hydrogen-bond donors (Lipinski definition) is 0. The van der Waals surface area contributed by atoms with E-state index < -0.39 is 17.3 Å². The maximum atomic E-state index is 13.0. The molecule has 0 N–H and O–H groups in total. The molecule has 0 fully saturated rings. The van der Waals surface area contributed by atoms with Gasteiger partial charge in [-0.1, -0.05) is 0 Å². The van der Waals surface area contributed by atoms with Gasteiger partial charge in [0, 0.05) is 0 Å². The summed E-state index contributed by atoms with van der Waals surface area (Å²) in [6.45, 7) is 0. The molecule has 0 radical (unpaired) electrons. The van der Waals surface area contributed by atoms with E-state index >= 15 is 0 Å². The molecule has 0 aliphatic heterocycles. The number of rotatable bonds is 2. The average Bonchev–Trinajstić information content (AvgIpc) is 2.89. The van der Waals surface area contributed by atoms with Gasteiger partial charge in [0.25, 0.3) is 0 Å². The van der Waals surface area contributed by atoms with Crippen molar-refractivity contribution in [2.24, 2.45) is 0 Å². The number of nitriles is 1. The fourth-order valence-electron chi connectivity index (χ4n) is 1.55. The third kappa shape index (κ3) is 2.58. The molecule has 0 aliphatic rings. The van der Waals surface area contributed by atoms with Crippen molar-refractivity contribution < 1.29 is 17.6 Å². The largest absolute Gasteiger partial charge is 0.463 e. The molecule has 0 atom stereocenters. The first-order chi connectivity index (χ1) is 8.97. The second kappa shape index (κ2) is 4.97. The molecule has 0 saturated carbocycles. The van der Waals surface area contributed by atoms with E-state index in [-0.39, 0.29) is 16.5 Å². The molecule has 7 heteroatoms. The Labute approximate surface area is 111 Å². The molecule has 0 spiro atoms. The summed E-state index contributed by atoms with van der Waals surface area (Å²) in [4.78, 5) is 4.03. The van der Waals surface area contributed by atoms with Crippen LogP contribution < -0.4 is 0 Å². The molecule has 0 aromatic carbocycles. The average molecular weight is 284 g/mol. The minimum absolute atomic E-state index is 0.0312. The summed E-state index contributed by atoms with van der Waals surface area (Å²) in [5.74, 6) is 0.227. The number of furan rings is 1. The molecule has 0 amide bonds. The van der Waals surface area contributed by atoms with Crippen LogP contribution in [0.25, 0.3) is 11.5 Å². The van der Waals surface area contributed by atoms with Crippen LogP contribution in [-0.4, -0.2) is 11.2 Å². The highest BCUT2D eigenvalue weighted by molar-refractivity contribution is 7.98. The van der Waals surface area contributed by atoms with Gasteiger partial charge in [-0.3, -0.25) is 0 Å². The smallest absolute Gasteiger partial charge is 0.417 e. The molecule has 0 bridgehead atoms. The lowest BCUT2D eigenvalue weighted by atomic mass is 10.1. The molecule has 3 nitrogen and oxygen atoms in total. The summed E-state index contributed by atoms with van der Waals surface area (Å²) in [6.07, 6.45) is -1.70. The lowest BCUT2D eigenvalue weighted by molar-refractivity contribution is -0.138. The minimum atomic E-state index is -4.61. The van der Waals surface area contributed by atoms with Gasteiger partial charge in [-0.2, -0.15) is 18.4 Å². The third-order valence-corrected chi connectivity index (χ3v) is 3.05. The van der Waals surface area contributed by atoms with Crippen LogP contribution in [-0.2, 0) is 6.18 Å². The van der Waals surface area contributed by atoms with Gasteiger partial charge in [-0.25, -0.2) is 4.98 Å². The van der Waals surface area contributed by atoms with Gasteiger partial charge >= 0.3 is 6.18 Å². The molecule has 19 heavy (non-hydrogen) atoms. The van der Waals surface area contributed by atoms with Gasteiger partial charge in [0.1, 0.15) is 16.8 Å². The standard InChI is InChI=1S/C12H7F3N2OS/c1-19-11-7(6-16)8(12(13,14)15)5-9(17-11)10-3-2-4-18-10/h2-5H,1H3. The van der Waals surface area contributed by atoms with Gasteiger partial charge in [0.2, 0.25) is 0 Å². The van der Waals surface area contributed by atoms with Crippen molar-refractivity contribution in [1.82, 2.24) is 4.98 Å². The lowest BCUT2D eigenvalue weighted by Gasteiger charge is -2.12. The van der Waals surface area contributed by atoms with Crippen molar-refractivity contribution in [3.8, 4) is 17.5 Å². The van der Waals surface area contributed by atoms with Crippen LogP contribution in [0.4, 0.5) is 13.2 Å². The Morgan fingerprint density at radius 3 is 2.63 bits per heavy atom. The van der Waals surface area contributed by atoms with Crippen LogP contribution in [0.2, 0.25) is 0 Å². The fourth-order valence-corrected chi connectivity index (χ4v) is 2.10. The van der Waals surface area contributed by atoms with Crippen molar-refractivity contribution in [2.75, 3.05) is 6.26 Å². The number of pyridine rings is 1. The van der Waals surface area contributed by atoms with Crippen molar-refractivity contribution in [3.05, 3.63) is 35.6 Å². The van der Waals surface area contributed by atoms with E-state index in [1.54, 1.807) is 18.4 Å². The van der Waals surface area contributed by atoms with E-state index in [2.05, 4.69) is 4.98 Å². The number of nitrogens with zero attached hydrogens (tertiary/aromatic N) is 2. The van der Waals surface area contributed by atoms with Gasteiger partial charge in [0.05, 0.1) is 17.4 Å². The van der Waals surface area contributed by atoms with Crippen LogP contribution >= 0.6 is 11.8 Å². The summed E-state index contributed by atoms with van der Waals surface area (Å²) in [5.41, 5.74) is -1.41. The first-order valence-electron chi connectivity index (χ1n) is 5.07. The van der Waals surface area contributed by atoms with E-state index in [1.807, 2.05) is 0 Å². The zero-order valence-corrected chi connectivity index (χ0v) is 10.5. The predicted octanol–water partition coefficient (Wildman–Crippen LogP) is 3.95. The molecule has 98 valence electrons. The van der Waals surface area contributed by atoms with Crippen LogP contribution in [0.15, 0.2) is 33.9 Å². The maximum absolute atomic E-state index is 13.0. The molecule has 0 saturated heterocycles. The van der Waals surface area contributed by atoms with Crippen molar-refractivity contribution in [1.29, 1.82) is 5.26 Å². The molecular formula is C12H7F3N2OS.